The molecule has 27 heavy (non-hydrogen) atoms. The van der Waals surface area contributed by atoms with Crippen molar-refractivity contribution in [1.29, 1.82) is 0 Å². The maximum absolute atomic E-state index is 12.7. The minimum atomic E-state index is -0.0574. The average molecular weight is 373 g/mol. The van der Waals surface area contributed by atoms with E-state index in [4.69, 9.17) is 4.74 Å². The summed E-state index contributed by atoms with van der Waals surface area (Å²) in [6.45, 7) is 5.90. The van der Waals surface area contributed by atoms with Gasteiger partial charge in [-0.25, -0.2) is 4.79 Å². The topological polar surface area (TPSA) is 58.6 Å². The third-order valence-electron chi connectivity index (χ3n) is 5.98. The Bertz CT molecular complexity index is 635. The minimum absolute atomic E-state index is 0.0430. The van der Waals surface area contributed by atoms with Gasteiger partial charge in [-0.3, -0.25) is 4.79 Å². The molecule has 1 heterocycles. The Hall–Kier alpha value is -2.04. The molecule has 1 atom stereocenters. The van der Waals surface area contributed by atoms with Gasteiger partial charge in [-0.2, -0.15) is 0 Å². The SMILES string of the molecule is CCOC(=O)C1CCC(CNC(=O)N2CCCC2c2ccc(C)cc2)CC1. The van der Waals surface area contributed by atoms with E-state index >= 15 is 0 Å². The van der Waals surface area contributed by atoms with Crippen LogP contribution in [0.3, 0.4) is 0 Å². The maximum Gasteiger partial charge on any atom is 0.317 e. The van der Waals surface area contributed by atoms with E-state index in [9.17, 15) is 9.59 Å². The van der Waals surface area contributed by atoms with Crippen molar-refractivity contribution in [3.63, 3.8) is 0 Å². The summed E-state index contributed by atoms with van der Waals surface area (Å²) in [5, 5.41) is 3.15. The molecule has 2 aliphatic rings. The highest BCUT2D eigenvalue weighted by Gasteiger charge is 2.31. The smallest absolute Gasteiger partial charge is 0.317 e. The van der Waals surface area contributed by atoms with Gasteiger partial charge in [0.15, 0.2) is 0 Å². The molecular weight excluding hydrogens is 340 g/mol. The summed E-state index contributed by atoms with van der Waals surface area (Å²) in [6.07, 6.45) is 5.78. The third-order valence-corrected chi connectivity index (χ3v) is 5.98. The second-order valence-electron chi connectivity index (χ2n) is 7.92. The zero-order chi connectivity index (χ0) is 19.2. The lowest BCUT2D eigenvalue weighted by Crippen LogP contribution is -2.42. The van der Waals surface area contributed by atoms with Crippen LogP contribution in [0.15, 0.2) is 24.3 Å². The number of hydrogen-bond acceptors (Lipinski definition) is 3. The largest absolute Gasteiger partial charge is 0.466 e. The lowest BCUT2D eigenvalue weighted by atomic mass is 9.82. The van der Waals surface area contributed by atoms with Gasteiger partial charge in [0.05, 0.1) is 18.6 Å². The van der Waals surface area contributed by atoms with Crippen LogP contribution in [0.4, 0.5) is 4.79 Å². The number of aryl methyl sites for hydroxylation is 1. The van der Waals surface area contributed by atoms with Gasteiger partial charge in [-0.15, -0.1) is 0 Å². The first-order chi connectivity index (χ1) is 13.1. The Morgan fingerprint density at radius 3 is 2.48 bits per heavy atom. The van der Waals surface area contributed by atoms with Gasteiger partial charge < -0.3 is 15.0 Å². The zero-order valence-electron chi connectivity index (χ0n) is 16.6. The van der Waals surface area contributed by atoms with E-state index in [0.29, 0.717) is 19.1 Å². The number of carbonyl (C=O) groups is 2. The van der Waals surface area contributed by atoms with E-state index in [1.54, 1.807) is 0 Å². The molecule has 1 aromatic rings. The second-order valence-corrected chi connectivity index (χ2v) is 7.92. The van der Waals surface area contributed by atoms with Gasteiger partial charge in [0.25, 0.3) is 0 Å². The van der Waals surface area contributed by atoms with E-state index < -0.39 is 0 Å². The number of ether oxygens (including phenoxy) is 1. The van der Waals surface area contributed by atoms with Crippen LogP contribution in [-0.4, -0.2) is 36.6 Å². The fourth-order valence-electron chi connectivity index (χ4n) is 4.34. The number of hydrogen-bond donors (Lipinski definition) is 1. The van der Waals surface area contributed by atoms with Crippen molar-refractivity contribution in [1.82, 2.24) is 10.2 Å². The monoisotopic (exact) mass is 372 g/mol. The number of benzene rings is 1. The molecule has 5 nitrogen and oxygen atoms in total. The molecule has 1 saturated carbocycles. The standard InChI is InChI=1S/C22H32N2O3/c1-3-27-21(25)19-12-8-17(9-13-19)15-23-22(26)24-14-4-5-20(24)18-10-6-16(2)7-11-18/h6-7,10-11,17,19-20H,3-5,8-9,12-15H2,1-2H3,(H,23,26). The number of likely N-dealkylation sites (tertiary alicyclic amines) is 1. The summed E-state index contributed by atoms with van der Waals surface area (Å²) < 4.78 is 5.13. The molecule has 0 spiro atoms. The third kappa shape index (κ3) is 5.02. The molecule has 148 valence electrons. The number of carbonyl (C=O) groups excluding carboxylic acids is 2. The van der Waals surface area contributed by atoms with Gasteiger partial charge in [0, 0.05) is 13.1 Å². The fourth-order valence-corrected chi connectivity index (χ4v) is 4.34. The van der Waals surface area contributed by atoms with E-state index in [2.05, 4.69) is 36.5 Å². The summed E-state index contributed by atoms with van der Waals surface area (Å²) in [6, 6.07) is 8.75. The van der Waals surface area contributed by atoms with Crippen LogP contribution in [0.25, 0.3) is 0 Å². The first-order valence-corrected chi connectivity index (χ1v) is 10.4. The summed E-state index contributed by atoms with van der Waals surface area (Å²) in [5.41, 5.74) is 2.47. The zero-order valence-corrected chi connectivity index (χ0v) is 16.6. The molecule has 0 bridgehead atoms. The van der Waals surface area contributed by atoms with Gasteiger partial charge in [0.1, 0.15) is 0 Å². The lowest BCUT2D eigenvalue weighted by molar-refractivity contribution is -0.149. The summed E-state index contributed by atoms with van der Waals surface area (Å²) in [7, 11) is 0. The molecule has 1 unspecified atom stereocenters. The normalized spacial score (nSPS) is 25.3. The summed E-state index contributed by atoms with van der Waals surface area (Å²) in [4.78, 5) is 26.6. The second kappa shape index (κ2) is 9.25. The van der Waals surface area contributed by atoms with Crippen LogP contribution in [0.2, 0.25) is 0 Å². The molecule has 1 aliphatic carbocycles. The molecular formula is C22H32N2O3. The number of nitrogens with one attached hydrogen (secondary N) is 1. The fraction of sp³-hybridized carbons (Fsp3) is 0.636. The van der Waals surface area contributed by atoms with Crippen molar-refractivity contribution in [3.05, 3.63) is 35.4 Å². The number of esters is 1. The van der Waals surface area contributed by atoms with Crippen molar-refractivity contribution < 1.29 is 14.3 Å². The summed E-state index contributed by atoms with van der Waals surface area (Å²) >= 11 is 0. The molecule has 0 aromatic heterocycles. The van der Waals surface area contributed by atoms with Crippen LogP contribution < -0.4 is 5.32 Å². The molecule has 5 heteroatoms. The van der Waals surface area contributed by atoms with Crippen molar-refractivity contribution in [3.8, 4) is 0 Å². The Morgan fingerprint density at radius 2 is 1.81 bits per heavy atom. The van der Waals surface area contributed by atoms with Crippen molar-refractivity contribution in [2.45, 2.75) is 58.4 Å². The van der Waals surface area contributed by atoms with Crippen molar-refractivity contribution in [2.24, 2.45) is 11.8 Å². The van der Waals surface area contributed by atoms with Crippen molar-refractivity contribution >= 4 is 12.0 Å². The predicted molar refractivity (Wildman–Crippen MR) is 105 cm³/mol. The van der Waals surface area contributed by atoms with Crippen LogP contribution >= 0.6 is 0 Å². The molecule has 1 aliphatic heterocycles. The highest BCUT2D eigenvalue weighted by Crippen LogP contribution is 2.32. The molecule has 2 amide bonds. The minimum Gasteiger partial charge on any atom is -0.466 e. The van der Waals surface area contributed by atoms with Crippen LogP contribution in [0.1, 0.15) is 62.6 Å². The van der Waals surface area contributed by atoms with E-state index in [1.807, 2.05) is 11.8 Å². The number of urea groups is 1. The quantitative estimate of drug-likeness (QED) is 0.788. The van der Waals surface area contributed by atoms with Crippen LogP contribution in [0, 0.1) is 18.8 Å². The molecule has 2 fully saturated rings. The van der Waals surface area contributed by atoms with E-state index in [0.717, 1.165) is 45.1 Å². The Labute approximate surface area is 162 Å². The molecule has 1 aromatic carbocycles. The molecule has 0 radical (unpaired) electrons. The van der Waals surface area contributed by atoms with Crippen LogP contribution in [-0.2, 0) is 9.53 Å². The molecule has 3 rings (SSSR count). The van der Waals surface area contributed by atoms with Gasteiger partial charge in [-0.1, -0.05) is 29.8 Å². The van der Waals surface area contributed by atoms with Crippen LogP contribution in [0.5, 0.6) is 0 Å². The molecule has 1 saturated heterocycles. The van der Waals surface area contributed by atoms with E-state index in [-0.39, 0.29) is 24.0 Å². The van der Waals surface area contributed by atoms with E-state index in [1.165, 1.54) is 11.1 Å². The average Bonchev–Trinajstić information content (AvgIpc) is 3.17. The Kier molecular flexibility index (Phi) is 6.75. The van der Waals surface area contributed by atoms with Crippen molar-refractivity contribution in [2.75, 3.05) is 19.7 Å². The lowest BCUT2D eigenvalue weighted by Gasteiger charge is -2.29. The first kappa shape index (κ1) is 19.7. The predicted octanol–water partition coefficient (Wildman–Crippen LogP) is 4.21. The van der Waals surface area contributed by atoms with Gasteiger partial charge in [-0.05, 0) is 63.9 Å². The summed E-state index contributed by atoms with van der Waals surface area (Å²) in [5.74, 6) is 0.444. The maximum atomic E-state index is 12.7. The molecule has 1 N–H and O–H groups in total. The number of rotatable bonds is 5. The van der Waals surface area contributed by atoms with Gasteiger partial charge >= 0.3 is 12.0 Å². The highest BCUT2D eigenvalue weighted by atomic mass is 16.5. The number of nitrogens with zero attached hydrogens (tertiary/aromatic N) is 1. The number of amides is 2. The Balaban J connectivity index is 1.46. The Morgan fingerprint density at radius 1 is 1.11 bits per heavy atom. The highest BCUT2D eigenvalue weighted by molar-refractivity contribution is 5.75. The first-order valence-electron chi connectivity index (χ1n) is 10.4. The van der Waals surface area contributed by atoms with Gasteiger partial charge in [0.2, 0.25) is 0 Å².